The first-order chi connectivity index (χ1) is 9.53. The van der Waals surface area contributed by atoms with Crippen LogP contribution in [0.5, 0.6) is 0 Å². The Morgan fingerprint density at radius 2 is 1.95 bits per heavy atom. The first-order valence-electron chi connectivity index (χ1n) is 8.59. The van der Waals surface area contributed by atoms with Crippen LogP contribution in [0.4, 0.5) is 0 Å². The van der Waals surface area contributed by atoms with Crippen LogP contribution in [0, 0.1) is 11.8 Å². The second-order valence-corrected chi connectivity index (χ2v) is 6.68. The monoisotopic (exact) mass is 282 g/mol. The third-order valence-corrected chi connectivity index (χ3v) is 4.45. The summed E-state index contributed by atoms with van der Waals surface area (Å²) in [4.78, 5) is 14.7. The van der Waals surface area contributed by atoms with Crippen LogP contribution >= 0.6 is 0 Å². The summed E-state index contributed by atoms with van der Waals surface area (Å²) >= 11 is 0. The van der Waals surface area contributed by atoms with Gasteiger partial charge in [0.15, 0.2) is 0 Å². The van der Waals surface area contributed by atoms with E-state index in [0.29, 0.717) is 17.7 Å². The van der Waals surface area contributed by atoms with Crippen molar-refractivity contribution in [2.45, 2.75) is 85.4 Å². The molecule has 3 nitrogen and oxygen atoms in total. The predicted molar refractivity (Wildman–Crippen MR) is 85.5 cm³/mol. The lowest BCUT2D eigenvalue weighted by molar-refractivity contribution is -0.130. The van der Waals surface area contributed by atoms with Gasteiger partial charge in [0.25, 0.3) is 0 Å². The van der Waals surface area contributed by atoms with Gasteiger partial charge in [0.1, 0.15) is 0 Å². The fraction of sp³-hybridized carbons (Fsp3) is 0.941. The number of hydrogen-bond donors (Lipinski definition) is 1. The standard InChI is InChI=1S/C17H34N2O/c1-6-9-10-14(7-2)12-19-16(11-13(4)5)18-15(8-3)17(19)20/h13-16,18H,6-12H2,1-5H3. The topological polar surface area (TPSA) is 32.3 Å². The minimum Gasteiger partial charge on any atom is -0.326 e. The maximum absolute atomic E-state index is 12.5. The van der Waals surface area contributed by atoms with Crippen molar-refractivity contribution >= 4 is 5.91 Å². The van der Waals surface area contributed by atoms with E-state index in [4.69, 9.17) is 0 Å². The average Bonchev–Trinajstić information content (AvgIpc) is 2.70. The quantitative estimate of drug-likeness (QED) is 0.698. The van der Waals surface area contributed by atoms with E-state index in [2.05, 4.69) is 44.8 Å². The van der Waals surface area contributed by atoms with Gasteiger partial charge in [0, 0.05) is 6.54 Å². The Morgan fingerprint density at radius 1 is 1.25 bits per heavy atom. The molecule has 3 atom stereocenters. The van der Waals surface area contributed by atoms with Crippen molar-refractivity contribution in [3.63, 3.8) is 0 Å². The molecule has 0 aliphatic carbocycles. The molecule has 0 saturated carbocycles. The van der Waals surface area contributed by atoms with Gasteiger partial charge < -0.3 is 4.90 Å². The van der Waals surface area contributed by atoms with Gasteiger partial charge in [-0.05, 0) is 31.1 Å². The highest BCUT2D eigenvalue weighted by Crippen LogP contribution is 2.23. The Kier molecular flexibility index (Phi) is 7.57. The smallest absolute Gasteiger partial charge is 0.241 e. The minimum absolute atomic E-state index is 0.0439. The van der Waals surface area contributed by atoms with Crippen molar-refractivity contribution in [2.24, 2.45) is 11.8 Å². The number of rotatable bonds is 9. The highest BCUT2D eigenvalue weighted by atomic mass is 16.2. The highest BCUT2D eigenvalue weighted by Gasteiger charge is 2.38. The van der Waals surface area contributed by atoms with Crippen molar-refractivity contribution in [3.05, 3.63) is 0 Å². The molecule has 3 heteroatoms. The predicted octanol–water partition coefficient (Wildman–Crippen LogP) is 3.79. The van der Waals surface area contributed by atoms with Crippen molar-refractivity contribution in [2.75, 3.05) is 6.54 Å². The Hall–Kier alpha value is -0.570. The number of nitrogens with one attached hydrogen (secondary N) is 1. The molecule has 0 aromatic heterocycles. The first-order valence-corrected chi connectivity index (χ1v) is 8.59. The largest absolute Gasteiger partial charge is 0.326 e. The lowest BCUT2D eigenvalue weighted by Gasteiger charge is -2.29. The molecule has 1 aliphatic heterocycles. The van der Waals surface area contributed by atoms with E-state index in [9.17, 15) is 4.79 Å². The molecule has 0 spiro atoms. The van der Waals surface area contributed by atoms with Crippen LogP contribution in [0.25, 0.3) is 0 Å². The molecule has 0 aromatic carbocycles. The summed E-state index contributed by atoms with van der Waals surface area (Å²) < 4.78 is 0. The van der Waals surface area contributed by atoms with E-state index in [0.717, 1.165) is 19.4 Å². The summed E-state index contributed by atoms with van der Waals surface area (Å²) in [5.41, 5.74) is 0. The van der Waals surface area contributed by atoms with Crippen LogP contribution in [-0.4, -0.2) is 29.6 Å². The molecule has 118 valence electrons. The van der Waals surface area contributed by atoms with Crippen LogP contribution in [-0.2, 0) is 4.79 Å². The van der Waals surface area contributed by atoms with Gasteiger partial charge in [-0.15, -0.1) is 0 Å². The van der Waals surface area contributed by atoms with Gasteiger partial charge in [0.2, 0.25) is 5.91 Å². The number of unbranched alkanes of at least 4 members (excludes halogenated alkanes) is 1. The highest BCUT2D eigenvalue weighted by molar-refractivity contribution is 5.84. The Bertz CT molecular complexity index is 291. The van der Waals surface area contributed by atoms with Gasteiger partial charge in [-0.25, -0.2) is 0 Å². The molecule has 1 amide bonds. The van der Waals surface area contributed by atoms with E-state index >= 15 is 0 Å². The third kappa shape index (κ3) is 4.76. The molecule has 1 aliphatic rings. The maximum atomic E-state index is 12.5. The van der Waals surface area contributed by atoms with Crippen LogP contribution in [0.3, 0.4) is 0 Å². The fourth-order valence-electron chi connectivity index (χ4n) is 3.09. The van der Waals surface area contributed by atoms with E-state index in [1.807, 2.05) is 0 Å². The van der Waals surface area contributed by atoms with Gasteiger partial charge in [-0.1, -0.05) is 53.9 Å². The van der Waals surface area contributed by atoms with E-state index in [1.165, 1.54) is 25.7 Å². The molecule has 20 heavy (non-hydrogen) atoms. The molecule has 1 fully saturated rings. The van der Waals surface area contributed by atoms with Gasteiger partial charge >= 0.3 is 0 Å². The first kappa shape index (κ1) is 17.5. The molecule has 3 unspecified atom stereocenters. The van der Waals surface area contributed by atoms with E-state index < -0.39 is 0 Å². The van der Waals surface area contributed by atoms with Gasteiger partial charge in [0.05, 0.1) is 12.2 Å². The van der Waals surface area contributed by atoms with Crippen LogP contribution < -0.4 is 5.32 Å². The zero-order valence-electron chi connectivity index (χ0n) is 14.1. The summed E-state index contributed by atoms with van der Waals surface area (Å²) in [7, 11) is 0. The fourth-order valence-corrected chi connectivity index (χ4v) is 3.09. The van der Waals surface area contributed by atoms with Crippen molar-refractivity contribution in [3.8, 4) is 0 Å². The number of nitrogens with zero attached hydrogens (tertiary/aromatic N) is 1. The zero-order chi connectivity index (χ0) is 15.1. The molecule has 0 bridgehead atoms. The second kappa shape index (κ2) is 8.66. The lowest BCUT2D eigenvalue weighted by atomic mass is 9.98. The van der Waals surface area contributed by atoms with Crippen LogP contribution in [0.2, 0.25) is 0 Å². The lowest BCUT2D eigenvalue weighted by Crippen LogP contribution is -2.41. The molecule has 1 saturated heterocycles. The minimum atomic E-state index is 0.0439. The summed E-state index contributed by atoms with van der Waals surface area (Å²) in [6.45, 7) is 12.0. The second-order valence-electron chi connectivity index (χ2n) is 6.68. The molecule has 1 rings (SSSR count). The SMILES string of the molecule is CCCCC(CC)CN1C(=O)C(CC)NC1CC(C)C. The molecule has 0 aromatic rings. The van der Waals surface area contributed by atoms with Crippen molar-refractivity contribution < 1.29 is 4.79 Å². The number of carbonyl (C=O) groups is 1. The maximum Gasteiger partial charge on any atom is 0.241 e. The molecular weight excluding hydrogens is 248 g/mol. The van der Waals surface area contributed by atoms with Crippen molar-refractivity contribution in [1.29, 1.82) is 0 Å². The third-order valence-electron chi connectivity index (χ3n) is 4.45. The number of hydrogen-bond acceptors (Lipinski definition) is 2. The molecule has 1 heterocycles. The summed E-state index contributed by atoms with van der Waals surface area (Å²) in [5, 5.41) is 3.53. The van der Waals surface area contributed by atoms with Gasteiger partial charge in [-0.3, -0.25) is 10.1 Å². The normalized spacial score (nSPS) is 24.7. The Morgan fingerprint density at radius 3 is 2.45 bits per heavy atom. The van der Waals surface area contributed by atoms with E-state index in [-0.39, 0.29) is 12.2 Å². The van der Waals surface area contributed by atoms with Crippen LogP contribution in [0.15, 0.2) is 0 Å². The summed E-state index contributed by atoms with van der Waals surface area (Å²) in [6, 6.07) is 0.0439. The molecular formula is C17H34N2O. The zero-order valence-corrected chi connectivity index (χ0v) is 14.1. The van der Waals surface area contributed by atoms with Crippen LogP contribution in [0.1, 0.15) is 73.1 Å². The summed E-state index contributed by atoms with van der Waals surface area (Å²) in [5.74, 6) is 1.60. The molecule has 1 N–H and O–H groups in total. The number of carbonyl (C=O) groups excluding carboxylic acids is 1. The number of amides is 1. The Labute approximate surface area is 125 Å². The van der Waals surface area contributed by atoms with E-state index in [1.54, 1.807) is 0 Å². The van der Waals surface area contributed by atoms with Gasteiger partial charge in [-0.2, -0.15) is 0 Å². The average molecular weight is 282 g/mol. The molecule has 0 radical (unpaired) electrons. The van der Waals surface area contributed by atoms with Crippen molar-refractivity contribution in [1.82, 2.24) is 10.2 Å². The summed E-state index contributed by atoms with van der Waals surface area (Å²) in [6.07, 6.45) is 7.16. The Balaban J connectivity index is 2.67.